The number of aromatic nitrogens is 1. The number of hydrogen-bond donors (Lipinski definition) is 2. The minimum absolute atomic E-state index is 0.0513. The molecule has 0 aliphatic carbocycles. The molecule has 0 amide bonds. The number of anilines is 1. The Hall–Kier alpha value is -1.98. The number of thiocarbonyl (C=S) groups is 1. The highest BCUT2D eigenvalue weighted by Gasteiger charge is 2.40. The number of pyridine rings is 1. The first kappa shape index (κ1) is 21.7. The van der Waals surface area contributed by atoms with Crippen LogP contribution in [0.2, 0.25) is 0 Å². The smallest absolute Gasteiger partial charge is 0.173 e. The van der Waals surface area contributed by atoms with Crippen LogP contribution >= 0.6 is 12.2 Å². The molecule has 1 aromatic carbocycles. The molecule has 0 atom stereocenters. The highest BCUT2D eigenvalue weighted by molar-refractivity contribution is 7.80. The van der Waals surface area contributed by atoms with Crippen LogP contribution in [0.1, 0.15) is 57.2 Å². The summed E-state index contributed by atoms with van der Waals surface area (Å²) in [5.74, 6) is 0. The SMILES string of the molecule is Cc1ccc(NC(=S)N(Cc2cccnc2)C2CC(C)(C)NC(C)(C)C2)cc1C. The van der Waals surface area contributed by atoms with Crippen molar-refractivity contribution in [2.75, 3.05) is 5.32 Å². The second-order valence-corrected chi connectivity index (χ2v) is 10.1. The Balaban J connectivity index is 1.87. The van der Waals surface area contributed by atoms with Gasteiger partial charge in [0.1, 0.15) is 0 Å². The van der Waals surface area contributed by atoms with Crippen molar-refractivity contribution in [3.05, 3.63) is 59.4 Å². The van der Waals surface area contributed by atoms with E-state index in [9.17, 15) is 0 Å². The molecule has 2 aromatic rings. The van der Waals surface area contributed by atoms with Crippen LogP contribution < -0.4 is 10.6 Å². The zero-order valence-corrected chi connectivity index (χ0v) is 19.4. The van der Waals surface area contributed by atoms with E-state index < -0.39 is 0 Å². The van der Waals surface area contributed by atoms with Crippen LogP contribution in [0.25, 0.3) is 0 Å². The third-order valence-electron chi connectivity index (χ3n) is 5.70. The first-order chi connectivity index (χ1) is 13.5. The first-order valence-corrected chi connectivity index (χ1v) is 10.8. The molecule has 0 bridgehead atoms. The van der Waals surface area contributed by atoms with Gasteiger partial charge in [-0.05, 0) is 101 Å². The molecule has 2 heterocycles. The fourth-order valence-corrected chi connectivity index (χ4v) is 4.89. The molecule has 1 aliphatic heterocycles. The van der Waals surface area contributed by atoms with Crippen molar-refractivity contribution in [3.8, 4) is 0 Å². The third kappa shape index (κ3) is 5.77. The Labute approximate surface area is 181 Å². The number of piperidine rings is 1. The summed E-state index contributed by atoms with van der Waals surface area (Å²) in [7, 11) is 0. The van der Waals surface area contributed by atoms with Gasteiger partial charge in [-0.1, -0.05) is 12.1 Å². The molecular weight excluding hydrogens is 376 g/mol. The predicted octanol–water partition coefficient (Wildman–Crippen LogP) is 5.21. The van der Waals surface area contributed by atoms with Crippen molar-refractivity contribution in [2.45, 2.75) is 78.0 Å². The molecule has 0 unspecified atom stereocenters. The van der Waals surface area contributed by atoms with E-state index in [2.05, 4.69) is 86.3 Å². The summed E-state index contributed by atoms with van der Waals surface area (Å²) in [6.45, 7) is 14.1. The van der Waals surface area contributed by atoms with Crippen LogP contribution in [0.15, 0.2) is 42.7 Å². The summed E-state index contributed by atoms with van der Waals surface area (Å²) in [5, 5.41) is 8.05. The molecule has 3 rings (SSSR count). The lowest BCUT2D eigenvalue weighted by molar-refractivity contribution is 0.101. The Morgan fingerprint density at radius 2 is 1.83 bits per heavy atom. The van der Waals surface area contributed by atoms with Crippen molar-refractivity contribution in [1.29, 1.82) is 0 Å². The van der Waals surface area contributed by atoms with Crippen LogP contribution in [0.3, 0.4) is 0 Å². The maximum absolute atomic E-state index is 5.94. The van der Waals surface area contributed by atoms with E-state index in [1.165, 1.54) is 16.7 Å². The zero-order valence-electron chi connectivity index (χ0n) is 18.5. The normalized spacial score (nSPS) is 18.3. The summed E-state index contributed by atoms with van der Waals surface area (Å²) in [5.41, 5.74) is 4.87. The molecule has 4 nitrogen and oxygen atoms in total. The number of nitrogens with one attached hydrogen (secondary N) is 2. The average molecular weight is 411 g/mol. The van der Waals surface area contributed by atoms with Gasteiger partial charge in [0.15, 0.2) is 5.11 Å². The molecule has 156 valence electrons. The van der Waals surface area contributed by atoms with E-state index in [1.54, 1.807) is 0 Å². The summed E-state index contributed by atoms with van der Waals surface area (Å²) in [6, 6.07) is 10.9. The molecule has 0 radical (unpaired) electrons. The fraction of sp³-hybridized carbons (Fsp3) is 0.500. The Morgan fingerprint density at radius 1 is 1.14 bits per heavy atom. The van der Waals surface area contributed by atoms with E-state index in [-0.39, 0.29) is 11.1 Å². The number of hydrogen-bond acceptors (Lipinski definition) is 3. The molecule has 5 heteroatoms. The van der Waals surface area contributed by atoms with Crippen molar-refractivity contribution < 1.29 is 0 Å². The van der Waals surface area contributed by atoms with E-state index >= 15 is 0 Å². The topological polar surface area (TPSA) is 40.2 Å². The van der Waals surface area contributed by atoms with Crippen LogP contribution in [-0.2, 0) is 6.54 Å². The van der Waals surface area contributed by atoms with Crippen LogP contribution in [0, 0.1) is 13.8 Å². The summed E-state index contributed by atoms with van der Waals surface area (Å²) < 4.78 is 0. The Bertz CT molecular complexity index is 844. The van der Waals surface area contributed by atoms with Gasteiger partial charge in [0.2, 0.25) is 0 Å². The van der Waals surface area contributed by atoms with Gasteiger partial charge in [-0.15, -0.1) is 0 Å². The van der Waals surface area contributed by atoms with Crippen molar-refractivity contribution in [3.63, 3.8) is 0 Å². The molecule has 1 fully saturated rings. The van der Waals surface area contributed by atoms with Gasteiger partial charge < -0.3 is 15.5 Å². The van der Waals surface area contributed by atoms with E-state index in [4.69, 9.17) is 12.2 Å². The third-order valence-corrected chi connectivity index (χ3v) is 6.04. The van der Waals surface area contributed by atoms with Gasteiger partial charge >= 0.3 is 0 Å². The minimum atomic E-state index is 0.0513. The van der Waals surface area contributed by atoms with Crippen LogP contribution in [-0.4, -0.2) is 32.1 Å². The predicted molar refractivity (Wildman–Crippen MR) is 126 cm³/mol. The van der Waals surface area contributed by atoms with Crippen LogP contribution in [0.4, 0.5) is 5.69 Å². The molecule has 2 N–H and O–H groups in total. The molecule has 0 saturated carbocycles. The minimum Gasteiger partial charge on any atom is -0.342 e. The van der Waals surface area contributed by atoms with Crippen molar-refractivity contribution in [1.82, 2.24) is 15.2 Å². The monoisotopic (exact) mass is 410 g/mol. The highest BCUT2D eigenvalue weighted by atomic mass is 32.1. The summed E-state index contributed by atoms with van der Waals surface area (Å²) in [4.78, 5) is 6.66. The molecule has 1 aromatic heterocycles. The van der Waals surface area contributed by atoms with Gasteiger partial charge in [0.25, 0.3) is 0 Å². The van der Waals surface area contributed by atoms with Gasteiger partial charge in [-0.25, -0.2) is 0 Å². The lowest BCUT2D eigenvalue weighted by Gasteiger charge is -2.50. The standard InChI is InChI=1S/C24H34N4S/c1-17-9-10-20(12-18(17)2)26-22(29)28(16-19-8-7-11-25-15-19)21-13-23(3,4)27-24(5,6)14-21/h7-12,15,21,27H,13-14,16H2,1-6H3,(H,26,29). The second-order valence-electron chi connectivity index (χ2n) is 9.67. The number of benzene rings is 1. The second kappa shape index (κ2) is 8.41. The largest absolute Gasteiger partial charge is 0.342 e. The Morgan fingerprint density at radius 3 is 2.41 bits per heavy atom. The maximum atomic E-state index is 5.94. The summed E-state index contributed by atoms with van der Waals surface area (Å²) in [6.07, 6.45) is 5.82. The molecule has 0 spiro atoms. The lowest BCUT2D eigenvalue weighted by atomic mass is 9.79. The van der Waals surface area contributed by atoms with Gasteiger partial charge in [-0.3, -0.25) is 4.98 Å². The van der Waals surface area contributed by atoms with Gasteiger partial charge in [0, 0.05) is 41.7 Å². The van der Waals surface area contributed by atoms with Crippen molar-refractivity contribution in [2.24, 2.45) is 0 Å². The molecular formula is C24H34N4S. The van der Waals surface area contributed by atoms with Gasteiger partial charge in [0.05, 0.1) is 0 Å². The zero-order chi connectivity index (χ0) is 21.2. The Kier molecular flexibility index (Phi) is 6.30. The van der Waals surface area contributed by atoms with E-state index in [0.717, 1.165) is 30.2 Å². The molecule has 29 heavy (non-hydrogen) atoms. The summed E-state index contributed by atoms with van der Waals surface area (Å²) >= 11 is 5.94. The van der Waals surface area contributed by atoms with E-state index in [0.29, 0.717) is 6.04 Å². The van der Waals surface area contributed by atoms with Crippen LogP contribution in [0.5, 0.6) is 0 Å². The number of rotatable bonds is 4. The lowest BCUT2D eigenvalue weighted by Crippen LogP contribution is -2.63. The first-order valence-electron chi connectivity index (χ1n) is 10.4. The molecule has 1 aliphatic rings. The maximum Gasteiger partial charge on any atom is 0.173 e. The molecule has 1 saturated heterocycles. The van der Waals surface area contributed by atoms with E-state index in [1.807, 2.05) is 18.5 Å². The quantitative estimate of drug-likeness (QED) is 0.678. The van der Waals surface area contributed by atoms with Gasteiger partial charge in [-0.2, -0.15) is 0 Å². The van der Waals surface area contributed by atoms with Crippen molar-refractivity contribution >= 4 is 23.0 Å². The average Bonchev–Trinajstić information content (AvgIpc) is 2.61. The fourth-order valence-electron chi connectivity index (χ4n) is 4.56. The number of aryl methyl sites for hydroxylation is 2. The highest BCUT2D eigenvalue weighted by Crippen LogP contribution is 2.32. The number of nitrogens with zero attached hydrogens (tertiary/aromatic N) is 2.